The van der Waals surface area contributed by atoms with Gasteiger partial charge in [-0.25, -0.2) is 4.79 Å². The molecule has 92 valence electrons. The average molecular weight is 238 g/mol. The second-order valence-electron chi connectivity index (χ2n) is 3.32. The topological polar surface area (TPSA) is 110 Å². The van der Waals surface area contributed by atoms with Gasteiger partial charge in [0.05, 0.1) is 17.5 Å². The van der Waals surface area contributed by atoms with Gasteiger partial charge in [-0.05, 0) is 19.1 Å². The average Bonchev–Trinajstić information content (AvgIpc) is 2.33. The molecule has 1 unspecified atom stereocenters. The fourth-order valence-electron chi connectivity index (χ4n) is 1.21. The van der Waals surface area contributed by atoms with Gasteiger partial charge in [-0.3, -0.25) is 4.98 Å². The minimum atomic E-state index is -1.01. The van der Waals surface area contributed by atoms with Gasteiger partial charge in [-0.2, -0.15) is 5.11 Å². The molecule has 0 aliphatic heterocycles. The number of nitrogens with two attached hydrogens (primary N) is 1. The fraction of sp³-hybridized carbons (Fsp3) is 0.400. The summed E-state index contributed by atoms with van der Waals surface area (Å²) in [7, 11) is 0. The zero-order valence-electron chi connectivity index (χ0n) is 9.41. The van der Waals surface area contributed by atoms with Crippen LogP contribution in [0.5, 0.6) is 0 Å². The summed E-state index contributed by atoms with van der Waals surface area (Å²) >= 11 is 0. The first kappa shape index (κ1) is 13.0. The molecule has 0 aromatic carbocycles. The number of nitrogens with zero attached hydrogens (tertiary/aromatic N) is 3. The first-order valence-electron chi connectivity index (χ1n) is 4.99. The Morgan fingerprint density at radius 1 is 1.65 bits per heavy atom. The minimum Gasteiger partial charge on any atom is -0.480 e. The van der Waals surface area contributed by atoms with Crippen molar-refractivity contribution in [3.63, 3.8) is 0 Å². The second-order valence-corrected chi connectivity index (χ2v) is 3.32. The molecule has 0 fully saturated rings. The molecule has 7 heteroatoms. The maximum atomic E-state index is 10.4. The molecule has 7 nitrogen and oxygen atoms in total. The molecule has 0 bridgehead atoms. The van der Waals surface area contributed by atoms with Gasteiger partial charge in [0.25, 0.3) is 0 Å². The van der Waals surface area contributed by atoms with E-state index < -0.39 is 5.97 Å². The molecule has 0 saturated heterocycles. The second kappa shape index (κ2) is 6.54. The number of hydrogen-bond acceptors (Lipinski definition) is 5. The summed E-state index contributed by atoms with van der Waals surface area (Å²) in [6.45, 7) is 1.67. The molecular formula is C10H14N4O3. The summed E-state index contributed by atoms with van der Waals surface area (Å²) in [4.78, 5) is 14.6. The number of aliphatic carboxylic acids is 1. The molecule has 1 rings (SSSR count). The smallest absolute Gasteiger partial charge is 0.329 e. The molecule has 0 amide bonds. The Morgan fingerprint density at radius 3 is 3.06 bits per heavy atom. The molecule has 0 aliphatic carbocycles. The Kier molecular flexibility index (Phi) is 5.02. The van der Waals surface area contributed by atoms with Gasteiger partial charge in [0.15, 0.2) is 0 Å². The number of pyridine rings is 1. The highest BCUT2D eigenvalue weighted by Gasteiger charge is 2.09. The van der Waals surface area contributed by atoms with Gasteiger partial charge < -0.3 is 15.7 Å². The third-order valence-corrected chi connectivity index (χ3v) is 2.02. The molecule has 1 aromatic rings. The monoisotopic (exact) mass is 238 g/mol. The molecule has 1 aromatic heterocycles. The highest BCUT2D eigenvalue weighted by molar-refractivity contribution is 5.68. The van der Waals surface area contributed by atoms with Crippen molar-refractivity contribution in [1.82, 2.24) is 4.98 Å². The third kappa shape index (κ3) is 4.56. The minimum absolute atomic E-state index is 0.288. The summed E-state index contributed by atoms with van der Waals surface area (Å²) in [5.41, 5.74) is 1.35. The van der Waals surface area contributed by atoms with E-state index in [0.717, 1.165) is 0 Å². The Hall–Kier alpha value is -2.02. The number of carboxylic acids is 1. The number of rotatable bonds is 6. The van der Waals surface area contributed by atoms with E-state index >= 15 is 0 Å². The van der Waals surface area contributed by atoms with Crippen LogP contribution in [0.4, 0.5) is 0 Å². The van der Waals surface area contributed by atoms with Crippen LogP contribution in [-0.4, -0.2) is 22.7 Å². The summed E-state index contributed by atoms with van der Waals surface area (Å²) in [5.74, 6) is 3.89. The first-order chi connectivity index (χ1) is 8.13. The predicted molar refractivity (Wildman–Crippen MR) is 59.0 cm³/mol. The van der Waals surface area contributed by atoms with Gasteiger partial charge in [0, 0.05) is 0 Å². The molecule has 1 atom stereocenters. The third-order valence-electron chi connectivity index (χ3n) is 2.02. The van der Waals surface area contributed by atoms with Gasteiger partial charge >= 0.3 is 5.97 Å². The number of carboxylic acid groups (broad SMARTS) is 1. The Bertz CT molecular complexity index is 408. The molecule has 1 heterocycles. The Balaban J connectivity index is 2.66. The van der Waals surface area contributed by atoms with Crippen molar-refractivity contribution in [2.75, 3.05) is 6.61 Å². The van der Waals surface area contributed by atoms with Gasteiger partial charge in [-0.15, -0.1) is 0 Å². The van der Waals surface area contributed by atoms with E-state index in [2.05, 4.69) is 15.3 Å². The molecule has 0 aliphatic rings. The number of hydrogen-bond donors (Lipinski definition) is 2. The predicted octanol–water partition coefficient (Wildman–Crippen LogP) is 1.07. The zero-order valence-corrected chi connectivity index (χ0v) is 9.41. The maximum absolute atomic E-state index is 10.4. The van der Waals surface area contributed by atoms with Crippen molar-refractivity contribution >= 4 is 5.97 Å². The molecule has 17 heavy (non-hydrogen) atoms. The molecule has 0 saturated carbocycles. The lowest BCUT2D eigenvalue weighted by Crippen LogP contribution is -2.11. The van der Waals surface area contributed by atoms with Crippen molar-refractivity contribution in [1.29, 1.82) is 0 Å². The highest BCUT2D eigenvalue weighted by Crippen LogP contribution is 2.14. The van der Waals surface area contributed by atoms with E-state index in [-0.39, 0.29) is 19.3 Å². The standard InChI is InChI=1S/C10H14N4O3/c1-7(17-6-10(15)16)9-4-2-3-8(13-9)5-12-14-11/h2-4,7H,5-6H2,1H3,(H2,11,12)(H,15,16). The summed E-state index contributed by atoms with van der Waals surface area (Å²) in [6, 6.07) is 5.34. The van der Waals surface area contributed by atoms with Crippen LogP contribution < -0.4 is 5.84 Å². The van der Waals surface area contributed by atoms with Crippen molar-refractivity contribution in [2.45, 2.75) is 19.6 Å². The van der Waals surface area contributed by atoms with Crippen LogP contribution in [-0.2, 0) is 16.1 Å². The first-order valence-corrected chi connectivity index (χ1v) is 4.99. The largest absolute Gasteiger partial charge is 0.480 e. The van der Waals surface area contributed by atoms with Crippen LogP contribution in [0.2, 0.25) is 0 Å². The fourth-order valence-corrected chi connectivity index (χ4v) is 1.21. The summed E-state index contributed by atoms with van der Waals surface area (Å²) in [6.07, 6.45) is -0.388. The van der Waals surface area contributed by atoms with E-state index in [1.165, 1.54) is 0 Å². The highest BCUT2D eigenvalue weighted by atomic mass is 16.5. The molecule has 3 N–H and O–H groups in total. The van der Waals surface area contributed by atoms with Crippen molar-refractivity contribution in [3.8, 4) is 0 Å². The normalized spacial score (nSPS) is 12.8. The summed E-state index contributed by atoms with van der Waals surface area (Å²) in [5, 5.41) is 15.3. The number of aromatic nitrogens is 1. The van der Waals surface area contributed by atoms with E-state index in [4.69, 9.17) is 15.7 Å². The SMILES string of the molecule is CC(OCC(=O)O)c1cccc(CN=NN)n1. The van der Waals surface area contributed by atoms with Crippen LogP contribution in [0.15, 0.2) is 28.5 Å². The van der Waals surface area contributed by atoms with Crippen LogP contribution in [0.1, 0.15) is 24.4 Å². The van der Waals surface area contributed by atoms with Gasteiger partial charge in [-0.1, -0.05) is 11.3 Å². The van der Waals surface area contributed by atoms with Crippen LogP contribution in [0, 0.1) is 0 Å². The quantitative estimate of drug-likeness (QED) is 0.437. The number of ether oxygens (including phenoxy) is 1. The van der Waals surface area contributed by atoms with Gasteiger partial charge in [0.1, 0.15) is 13.2 Å². The van der Waals surface area contributed by atoms with Crippen LogP contribution in [0.3, 0.4) is 0 Å². The summed E-state index contributed by atoms with van der Waals surface area (Å²) < 4.78 is 5.11. The van der Waals surface area contributed by atoms with E-state index in [0.29, 0.717) is 11.4 Å². The van der Waals surface area contributed by atoms with Crippen LogP contribution >= 0.6 is 0 Å². The zero-order chi connectivity index (χ0) is 12.7. The number of carbonyl (C=O) groups is 1. The van der Waals surface area contributed by atoms with E-state index in [1.54, 1.807) is 25.1 Å². The van der Waals surface area contributed by atoms with Gasteiger partial charge in [0.2, 0.25) is 0 Å². The Labute approximate surface area is 98.3 Å². The molecular weight excluding hydrogens is 224 g/mol. The lowest BCUT2D eigenvalue weighted by molar-refractivity contribution is -0.144. The van der Waals surface area contributed by atoms with Crippen molar-refractivity contribution in [3.05, 3.63) is 29.6 Å². The van der Waals surface area contributed by atoms with Crippen molar-refractivity contribution in [2.24, 2.45) is 16.2 Å². The maximum Gasteiger partial charge on any atom is 0.329 e. The van der Waals surface area contributed by atoms with Crippen molar-refractivity contribution < 1.29 is 14.6 Å². The molecule has 0 radical (unpaired) electrons. The molecule has 0 spiro atoms. The van der Waals surface area contributed by atoms with Crippen LogP contribution in [0.25, 0.3) is 0 Å². The van der Waals surface area contributed by atoms with E-state index in [1.807, 2.05) is 0 Å². The van der Waals surface area contributed by atoms with E-state index in [9.17, 15) is 4.79 Å². The Morgan fingerprint density at radius 2 is 2.41 bits per heavy atom. The lowest BCUT2D eigenvalue weighted by Gasteiger charge is -2.11. The lowest BCUT2D eigenvalue weighted by atomic mass is 10.2.